The predicted octanol–water partition coefficient (Wildman–Crippen LogP) is -0.119. The standard InChI is InChI=1S/C25H43BN5O6P/c1-27(2)38(35,18-36-17-21-15-28(3)16-22(26)37-21)30-12-10-29(11-13-30)25(34)20-6-4-19(5-7-20)14-31-23(32)8-9-24(31)33/h8-9,19-22H,4-7,10-18,26H2,1-3H3. The van der Waals surface area contributed by atoms with Gasteiger partial charge in [0.05, 0.1) is 12.7 Å². The highest BCUT2D eigenvalue weighted by Gasteiger charge is 2.39. The van der Waals surface area contributed by atoms with Crippen LogP contribution in [0.25, 0.3) is 0 Å². The summed E-state index contributed by atoms with van der Waals surface area (Å²) in [7, 11) is 4.86. The number of likely N-dealkylation sites (N-methyl/N-ethyl adjacent to an activating group) is 1. The van der Waals surface area contributed by atoms with E-state index in [1.54, 1.807) is 4.67 Å². The first-order chi connectivity index (χ1) is 18.1. The SMILES string of the molecule is BC1CN(C)CC(COCP(=O)(N(C)C)N2CCN(C(=O)C3CCC(CN4C(=O)C=CC4=O)CC3)CC2)O1. The molecule has 2 saturated heterocycles. The van der Waals surface area contributed by atoms with Gasteiger partial charge in [0.15, 0.2) is 0 Å². The third-order valence-electron chi connectivity index (χ3n) is 8.24. The molecular weight excluding hydrogens is 508 g/mol. The number of carbonyl (C=O) groups is 3. The van der Waals surface area contributed by atoms with Crippen LogP contribution in [-0.2, 0) is 28.4 Å². The summed E-state index contributed by atoms with van der Waals surface area (Å²) in [6.45, 7) is 4.73. The molecule has 212 valence electrons. The van der Waals surface area contributed by atoms with Crippen molar-refractivity contribution in [2.24, 2.45) is 11.8 Å². The lowest BCUT2D eigenvalue weighted by molar-refractivity contribution is -0.140. The van der Waals surface area contributed by atoms with Gasteiger partial charge in [-0.15, -0.1) is 0 Å². The molecule has 0 spiro atoms. The summed E-state index contributed by atoms with van der Waals surface area (Å²) < 4.78 is 29.6. The van der Waals surface area contributed by atoms with Crippen LogP contribution in [0.2, 0.25) is 0 Å². The Hall–Kier alpha value is -1.56. The Morgan fingerprint density at radius 1 is 1.08 bits per heavy atom. The number of rotatable bonds is 9. The molecule has 11 nitrogen and oxygen atoms in total. The second-order valence-electron chi connectivity index (χ2n) is 11.4. The Balaban J connectivity index is 1.21. The molecule has 13 heteroatoms. The Bertz CT molecular complexity index is 923. The Kier molecular flexibility index (Phi) is 9.87. The van der Waals surface area contributed by atoms with Crippen molar-refractivity contribution < 1.29 is 28.4 Å². The van der Waals surface area contributed by atoms with Gasteiger partial charge in [-0.2, -0.15) is 0 Å². The molecule has 0 aromatic rings. The molecule has 0 radical (unpaired) electrons. The van der Waals surface area contributed by atoms with Crippen molar-refractivity contribution in [1.29, 1.82) is 0 Å². The van der Waals surface area contributed by atoms with E-state index in [0.717, 1.165) is 38.8 Å². The van der Waals surface area contributed by atoms with Gasteiger partial charge in [0, 0.05) is 69.9 Å². The summed E-state index contributed by atoms with van der Waals surface area (Å²) in [5.74, 6) is -0.0908. The van der Waals surface area contributed by atoms with E-state index in [1.165, 1.54) is 17.1 Å². The largest absolute Gasteiger partial charge is 0.379 e. The minimum Gasteiger partial charge on any atom is -0.379 e. The van der Waals surface area contributed by atoms with Crippen LogP contribution in [0.15, 0.2) is 12.2 Å². The van der Waals surface area contributed by atoms with Gasteiger partial charge in [-0.3, -0.25) is 23.8 Å². The van der Waals surface area contributed by atoms with Crippen LogP contribution >= 0.6 is 7.44 Å². The van der Waals surface area contributed by atoms with E-state index in [9.17, 15) is 18.9 Å². The zero-order valence-corrected chi connectivity index (χ0v) is 24.2. The molecule has 1 aliphatic carbocycles. The average molecular weight is 551 g/mol. The van der Waals surface area contributed by atoms with Gasteiger partial charge in [-0.25, -0.2) is 9.34 Å². The number of imide groups is 1. The molecule has 4 rings (SSSR count). The molecule has 0 bridgehead atoms. The fourth-order valence-corrected chi connectivity index (χ4v) is 8.12. The lowest BCUT2D eigenvalue weighted by Gasteiger charge is -2.42. The number of amides is 3. The quantitative estimate of drug-likeness (QED) is 0.221. The first-order valence-corrected chi connectivity index (χ1v) is 15.6. The number of carbonyl (C=O) groups excluding carboxylic acids is 3. The molecule has 3 unspecified atom stereocenters. The van der Waals surface area contributed by atoms with Crippen LogP contribution in [0.5, 0.6) is 0 Å². The number of piperazine rings is 1. The maximum Gasteiger partial charge on any atom is 0.253 e. The molecule has 38 heavy (non-hydrogen) atoms. The normalized spacial score (nSPS) is 31.3. The minimum absolute atomic E-state index is 0.0269. The topological polar surface area (TPSA) is 103 Å². The van der Waals surface area contributed by atoms with Gasteiger partial charge in [0.1, 0.15) is 14.2 Å². The zero-order chi connectivity index (χ0) is 27.4. The maximum absolute atomic E-state index is 14.0. The highest BCUT2D eigenvalue weighted by Crippen LogP contribution is 2.51. The number of nitrogens with zero attached hydrogens (tertiary/aromatic N) is 5. The van der Waals surface area contributed by atoms with Crippen LogP contribution < -0.4 is 0 Å². The minimum atomic E-state index is -2.91. The predicted molar refractivity (Wildman–Crippen MR) is 146 cm³/mol. The highest BCUT2D eigenvalue weighted by atomic mass is 31.2. The van der Waals surface area contributed by atoms with E-state index in [0.29, 0.717) is 39.3 Å². The van der Waals surface area contributed by atoms with Crippen molar-refractivity contribution in [3.63, 3.8) is 0 Å². The molecule has 0 aromatic heterocycles. The van der Waals surface area contributed by atoms with E-state index in [2.05, 4.69) is 19.8 Å². The van der Waals surface area contributed by atoms with Gasteiger partial charge >= 0.3 is 0 Å². The molecule has 3 fully saturated rings. The van der Waals surface area contributed by atoms with Crippen LogP contribution in [0.4, 0.5) is 0 Å². The van der Waals surface area contributed by atoms with Crippen LogP contribution in [0, 0.1) is 11.8 Å². The number of morpholine rings is 1. The fraction of sp³-hybridized carbons (Fsp3) is 0.800. The highest BCUT2D eigenvalue weighted by molar-refractivity contribution is 7.58. The van der Waals surface area contributed by atoms with Crippen molar-refractivity contribution in [1.82, 2.24) is 24.0 Å². The van der Waals surface area contributed by atoms with Gasteiger partial charge in [-0.05, 0) is 52.7 Å². The van der Waals surface area contributed by atoms with E-state index in [-0.39, 0.29) is 48.0 Å². The smallest absolute Gasteiger partial charge is 0.253 e. The molecule has 0 aromatic carbocycles. The van der Waals surface area contributed by atoms with E-state index < -0.39 is 7.44 Å². The average Bonchev–Trinajstić information content (AvgIpc) is 3.20. The summed E-state index contributed by atoms with van der Waals surface area (Å²) >= 11 is 0. The molecule has 3 amide bonds. The summed E-state index contributed by atoms with van der Waals surface area (Å²) in [5, 5.41) is 0. The summed E-state index contributed by atoms with van der Waals surface area (Å²) in [6.07, 6.45) is 5.96. The summed E-state index contributed by atoms with van der Waals surface area (Å²) in [6, 6.07) is 0.152. The van der Waals surface area contributed by atoms with Crippen molar-refractivity contribution in [3.8, 4) is 0 Å². The van der Waals surface area contributed by atoms with Crippen molar-refractivity contribution in [2.75, 3.05) is 79.9 Å². The van der Waals surface area contributed by atoms with Crippen molar-refractivity contribution >= 4 is 33.0 Å². The first kappa shape index (κ1) is 29.4. The van der Waals surface area contributed by atoms with E-state index >= 15 is 0 Å². The van der Waals surface area contributed by atoms with Gasteiger partial charge in [0.2, 0.25) is 13.4 Å². The van der Waals surface area contributed by atoms with E-state index in [1.807, 2.05) is 23.7 Å². The fourth-order valence-electron chi connectivity index (χ4n) is 6.07. The molecule has 3 atom stereocenters. The molecule has 1 saturated carbocycles. The first-order valence-electron chi connectivity index (χ1n) is 13.8. The van der Waals surface area contributed by atoms with Crippen molar-refractivity contribution in [3.05, 3.63) is 12.2 Å². The number of hydrogen-bond donors (Lipinski definition) is 0. The summed E-state index contributed by atoms with van der Waals surface area (Å²) in [5.41, 5.74) is 0. The number of ether oxygens (including phenoxy) is 2. The Labute approximate surface area is 227 Å². The van der Waals surface area contributed by atoms with Crippen LogP contribution in [-0.4, -0.2) is 142 Å². The molecule has 0 N–H and O–H groups in total. The Morgan fingerprint density at radius 2 is 1.71 bits per heavy atom. The van der Waals surface area contributed by atoms with Gasteiger partial charge < -0.3 is 19.3 Å². The summed E-state index contributed by atoms with van der Waals surface area (Å²) in [4.78, 5) is 42.4. The molecule has 4 aliphatic rings. The molecule has 3 heterocycles. The lowest BCUT2D eigenvalue weighted by Crippen LogP contribution is -2.51. The van der Waals surface area contributed by atoms with Crippen LogP contribution in [0.1, 0.15) is 25.7 Å². The molecular formula is C25H43BN5O6P. The lowest BCUT2D eigenvalue weighted by atomic mass is 9.81. The number of hydrogen-bond acceptors (Lipinski definition) is 7. The van der Waals surface area contributed by atoms with Crippen molar-refractivity contribution in [2.45, 2.75) is 37.8 Å². The van der Waals surface area contributed by atoms with Gasteiger partial charge in [-0.1, -0.05) is 0 Å². The monoisotopic (exact) mass is 551 g/mol. The second-order valence-corrected chi connectivity index (χ2v) is 14.4. The second kappa shape index (κ2) is 12.7. The van der Waals surface area contributed by atoms with Crippen LogP contribution in [0.3, 0.4) is 0 Å². The van der Waals surface area contributed by atoms with E-state index in [4.69, 9.17) is 9.47 Å². The third kappa shape index (κ3) is 6.95. The molecule has 3 aliphatic heterocycles. The maximum atomic E-state index is 14.0. The Morgan fingerprint density at radius 3 is 2.29 bits per heavy atom. The third-order valence-corrected chi connectivity index (χ3v) is 11.3. The van der Waals surface area contributed by atoms with Gasteiger partial charge in [0.25, 0.3) is 11.8 Å². The zero-order valence-electron chi connectivity index (χ0n) is 23.3.